The Morgan fingerprint density at radius 3 is 2.31 bits per heavy atom. The lowest BCUT2D eigenvalue weighted by molar-refractivity contribution is -0.274. The van der Waals surface area contributed by atoms with Crippen LogP contribution in [-0.4, -0.2) is 37.4 Å². The van der Waals surface area contributed by atoms with Gasteiger partial charge < -0.3 is 10.1 Å². The number of rotatable bonds is 4. The Morgan fingerprint density at radius 1 is 1.04 bits per heavy atom. The smallest absolute Gasteiger partial charge is 0.406 e. The van der Waals surface area contributed by atoms with Gasteiger partial charge in [-0.3, -0.25) is 4.90 Å². The molecule has 0 amide bonds. The fourth-order valence-electron chi connectivity index (χ4n) is 3.10. The minimum Gasteiger partial charge on any atom is -0.406 e. The zero-order valence-corrected chi connectivity index (χ0v) is 15.3. The molecule has 0 aromatic heterocycles. The average Bonchev–Trinajstić information content (AvgIpc) is 2.59. The van der Waals surface area contributed by atoms with Crippen LogP contribution in [0.25, 0.3) is 0 Å². The zero-order chi connectivity index (χ0) is 18.7. The second-order valence-electron chi connectivity index (χ2n) is 5.97. The van der Waals surface area contributed by atoms with Crippen LogP contribution in [0, 0.1) is 5.82 Å². The largest absolute Gasteiger partial charge is 0.573 e. The summed E-state index contributed by atoms with van der Waals surface area (Å²) >= 11 is 3.47. The van der Waals surface area contributed by atoms with Crippen LogP contribution in [0.4, 0.5) is 17.6 Å². The third-order valence-electron chi connectivity index (χ3n) is 4.20. The molecular formula is C18H17BrF4N2O. The molecule has 140 valence electrons. The van der Waals surface area contributed by atoms with Crippen molar-refractivity contribution in [2.75, 3.05) is 26.2 Å². The third-order valence-corrected chi connectivity index (χ3v) is 4.92. The highest BCUT2D eigenvalue weighted by Gasteiger charge is 2.31. The van der Waals surface area contributed by atoms with Crippen LogP contribution in [0.3, 0.4) is 0 Å². The van der Waals surface area contributed by atoms with Gasteiger partial charge in [-0.2, -0.15) is 0 Å². The number of alkyl halides is 3. The van der Waals surface area contributed by atoms with E-state index in [-0.39, 0.29) is 17.6 Å². The van der Waals surface area contributed by atoms with Crippen LogP contribution in [0.15, 0.2) is 46.9 Å². The lowest BCUT2D eigenvalue weighted by Crippen LogP contribution is -2.45. The predicted molar refractivity (Wildman–Crippen MR) is 93.5 cm³/mol. The zero-order valence-electron chi connectivity index (χ0n) is 13.7. The van der Waals surface area contributed by atoms with E-state index < -0.39 is 6.36 Å². The first-order chi connectivity index (χ1) is 12.3. The quantitative estimate of drug-likeness (QED) is 0.720. The van der Waals surface area contributed by atoms with E-state index >= 15 is 0 Å². The molecule has 0 radical (unpaired) electrons. The van der Waals surface area contributed by atoms with Crippen molar-refractivity contribution in [3.63, 3.8) is 0 Å². The maximum Gasteiger partial charge on any atom is 0.573 e. The third kappa shape index (κ3) is 4.75. The van der Waals surface area contributed by atoms with Crippen molar-refractivity contribution in [3.05, 3.63) is 63.9 Å². The summed E-state index contributed by atoms with van der Waals surface area (Å²) in [6.07, 6.45) is -4.73. The molecule has 0 saturated carbocycles. The van der Waals surface area contributed by atoms with Crippen LogP contribution in [0.1, 0.15) is 17.2 Å². The van der Waals surface area contributed by atoms with Gasteiger partial charge in [0.2, 0.25) is 0 Å². The Morgan fingerprint density at radius 2 is 1.69 bits per heavy atom. The summed E-state index contributed by atoms with van der Waals surface area (Å²) in [6, 6.07) is 9.93. The molecule has 2 aromatic carbocycles. The fraction of sp³-hybridized carbons (Fsp3) is 0.333. The number of hydrogen-bond acceptors (Lipinski definition) is 3. The first-order valence-electron chi connectivity index (χ1n) is 8.09. The normalized spacial score (nSPS) is 17.1. The Balaban J connectivity index is 1.96. The minimum absolute atomic E-state index is 0.276. The molecule has 0 spiro atoms. The first-order valence-corrected chi connectivity index (χ1v) is 8.88. The van der Waals surface area contributed by atoms with Crippen molar-refractivity contribution >= 4 is 15.9 Å². The van der Waals surface area contributed by atoms with E-state index in [1.165, 1.54) is 24.3 Å². The van der Waals surface area contributed by atoms with Gasteiger partial charge in [0.15, 0.2) is 0 Å². The molecule has 1 aliphatic heterocycles. The maximum atomic E-state index is 13.8. The minimum atomic E-state index is -4.73. The molecule has 0 bridgehead atoms. The number of nitrogens with zero attached hydrogens (tertiary/aromatic N) is 1. The van der Waals surface area contributed by atoms with Crippen LogP contribution in [0.5, 0.6) is 5.75 Å². The molecule has 2 aromatic rings. The lowest BCUT2D eigenvalue weighted by atomic mass is 9.96. The van der Waals surface area contributed by atoms with Crippen molar-refractivity contribution in [1.29, 1.82) is 0 Å². The molecule has 8 heteroatoms. The number of nitrogens with one attached hydrogen (secondary N) is 1. The molecule has 1 N–H and O–H groups in total. The van der Waals surface area contributed by atoms with Crippen molar-refractivity contribution in [2.24, 2.45) is 0 Å². The van der Waals surface area contributed by atoms with Gasteiger partial charge in [0.1, 0.15) is 11.6 Å². The first kappa shape index (κ1) is 19.1. The number of halogens is 5. The summed E-state index contributed by atoms with van der Waals surface area (Å²) in [5, 5.41) is 3.26. The summed E-state index contributed by atoms with van der Waals surface area (Å²) in [6.45, 7) is 3.07. The van der Waals surface area contributed by atoms with E-state index in [1.54, 1.807) is 18.2 Å². The summed E-state index contributed by atoms with van der Waals surface area (Å²) in [5.41, 5.74) is 1.50. The lowest BCUT2D eigenvalue weighted by Gasteiger charge is -2.36. The Labute approximate surface area is 157 Å². The average molecular weight is 433 g/mol. The summed E-state index contributed by atoms with van der Waals surface area (Å²) in [5.74, 6) is -0.640. The van der Waals surface area contributed by atoms with Crippen LogP contribution in [-0.2, 0) is 0 Å². The molecule has 1 fully saturated rings. The van der Waals surface area contributed by atoms with Gasteiger partial charge >= 0.3 is 6.36 Å². The van der Waals surface area contributed by atoms with Gasteiger partial charge in [-0.1, -0.05) is 28.1 Å². The second kappa shape index (κ2) is 7.94. The van der Waals surface area contributed by atoms with Crippen molar-refractivity contribution < 1.29 is 22.3 Å². The highest BCUT2D eigenvalue weighted by atomic mass is 79.9. The van der Waals surface area contributed by atoms with Gasteiger partial charge in [0.25, 0.3) is 0 Å². The summed E-state index contributed by atoms with van der Waals surface area (Å²) in [4.78, 5) is 2.18. The van der Waals surface area contributed by atoms with Gasteiger partial charge in [0.05, 0.1) is 6.04 Å². The van der Waals surface area contributed by atoms with Crippen molar-refractivity contribution in [3.8, 4) is 5.75 Å². The van der Waals surface area contributed by atoms with E-state index in [2.05, 4.69) is 30.9 Å². The van der Waals surface area contributed by atoms with E-state index in [0.29, 0.717) is 0 Å². The molecule has 1 aliphatic rings. The highest BCUT2D eigenvalue weighted by Crippen LogP contribution is 2.35. The van der Waals surface area contributed by atoms with Crippen molar-refractivity contribution in [1.82, 2.24) is 10.2 Å². The van der Waals surface area contributed by atoms with Crippen LogP contribution < -0.4 is 10.1 Å². The topological polar surface area (TPSA) is 24.5 Å². The molecule has 26 heavy (non-hydrogen) atoms. The SMILES string of the molecule is Fc1ccc(Br)c([C@H](c2ccc(OC(F)(F)F)cc2)N2CCNCC2)c1. The second-order valence-corrected chi connectivity index (χ2v) is 6.83. The Hall–Kier alpha value is -1.64. The molecule has 1 heterocycles. The maximum absolute atomic E-state index is 13.8. The van der Waals surface area contributed by atoms with E-state index in [9.17, 15) is 17.6 Å². The predicted octanol–water partition coefficient (Wildman–Crippen LogP) is 4.48. The number of ether oxygens (including phenoxy) is 1. The van der Waals surface area contributed by atoms with Gasteiger partial charge in [-0.25, -0.2) is 4.39 Å². The van der Waals surface area contributed by atoms with E-state index in [1.807, 2.05) is 0 Å². The van der Waals surface area contributed by atoms with Crippen LogP contribution >= 0.6 is 15.9 Å². The van der Waals surface area contributed by atoms with Gasteiger partial charge in [0, 0.05) is 30.7 Å². The standard InChI is InChI=1S/C18H17BrF4N2O/c19-16-6-3-13(20)11-15(16)17(25-9-7-24-8-10-25)12-1-4-14(5-2-12)26-18(21,22)23/h1-6,11,17,24H,7-10H2/t17-/m0/s1. The monoisotopic (exact) mass is 432 g/mol. The molecule has 1 saturated heterocycles. The summed E-state index contributed by atoms with van der Waals surface area (Å²) in [7, 11) is 0. The molecule has 0 unspecified atom stereocenters. The number of piperazine rings is 1. The highest BCUT2D eigenvalue weighted by molar-refractivity contribution is 9.10. The fourth-order valence-corrected chi connectivity index (χ4v) is 3.57. The van der Waals surface area contributed by atoms with E-state index in [0.717, 1.165) is 41.8 Å². The number of benzene rings is 2. The molecule has 1 atom stereocenters. The summed E-state index contributed by atoms with van der Waals surface area (Å²) < 4.78 is 55.6. The van der Waals surface area contributed by atoms with Crippen LogP contribution in [0.2, 0.25) is 0 Å². The van der Waals surface area contributed by atoms with Gasteiger partial charge in [-0.05, 0) is 41.5 Å². The Kier molecular flexibility index (Phi) is 5.84. The molecule has 0 aliphatic carbocycles. The molecule has 3 rings (SSSR count). The van der Waals surface area contributed by atoms with Gasteiger partial charge in [-0.15, -0.1) is 13.2 Å². The molecular weight excluding hydrogens is 416 g/mol. The molecule has 3 nitrogen and oxygen atoms in total. The van der Waals surface area contributed by atoms with E-state index in [4.69, 9.17) is 0 Å². The number of hydrogen-bond donors (Lipinski definition) is 1. The Bertz CT molecular complexity index is 746. The van der Waals surface area contributed by atoms with Crippen molar-refractivity contribution in [2.45, 2.75) is 12.4 Å².